The number of halogens is 4. The van der Waals surface area contributed by atoms with Crippen LogP contribution in [-0.2, 0) is 9.59 Å². The van der Waals surface area contributed by atoms with E-state index in [1.807, 2.05) is 0 Å². The second-order valence-corrected chi connectivity index (χ2v) is 7.54. The molecule has 1 heterocycles. The predicted octanol–water partition coefficient (Wildman–Crippen LogP) is 4.31. The van der Waals surface area contributed by atoms with Crippen molar-refractivity contribution in [2.45, 2.75) is 0 Å². The van der Waals surface area contributed by atoms with Crippen LogP contribution in [0.2, 0.25) is 15.1 Å². The molecular weight excluding hydrogens is 466 g/mol. The van der Waals surface area contributed by atoms with Crippen molar-refractivity contribution in [3.8, 4) is 0 Å². The van der Waals surface area contributed by atoms with Gasteiger partial charge >= 0.3 is 0 Å². The Labute approximate surface area is 173 Å². The normalized spacial score (nSPS) is 10.7. The van der Waals surface area contributed by atoms with Crippen LogP contribution < -0.4 is 10.6 Å². The Balaban J connectivity index is 1.87. The van der Waals surface area contributed by atoms with Gasteiger partial charge in [0.1, 0.15) is 5.82 Å². The highest BCUT2D eigenvalue weighted by Crippen LogP contribution is 2.33. The molecule has 6 nitrogen and oxygen atoms in total. The third-order valence-corrected chi connectivity index (χ3v) is 4.38. The zero-order valence-electron chi connectivity index (χ0n) is 13.5. The second-order valence-electron chi connectivity index (χ2n) is 5.37. The summed E-state index contributed by atoms with van der Waals surface area (Å²) in [5, 5.41) is 6.10. The number of hydrogen-bond donors (Lipinski definition) is 2. The van der Waals surface area contributed by atoms with E-state index in [9.17, 15) is 9.59 Å². The van der Waals surface area contributed by atoms with Crippen LogP contribution in [0.3, 0.4) is 0 Å². The van der Waals surface area contributed by atoms with Gasteiger partial charge in [-0.2, -0.15) is 0 Å². The van der Waals surface area contributed by atoms with Gasteiger partial charge in [0, 0.05) is 15.7 Å². The molecule has 0 aliphatic rings. The number of rotatable bonds is 6. The molecule has 0 saturated heterocycles. The lowest BCUT2D eigenvalue weighted by Crippen LogP contribution is -2.36. The van der Waals surface area contributed by atoms with Crippen LogP contribution in [0.1, 0.15) is 0 Å². The number of nitrogens with zero attached hydrogens (tertiary/aromatic N) is 2. The number of likely N-dealkylation sites (N-methyl/N-ethyl adjacent to an activating group) is 1. The minimum atomic E-state index is -0.367. The number of nitrogens with one attached hydrogen (secondary N) is 2. The molecule has 2 amide bonds. The van der Waals surface area contributed by atoms with Gasteiger partial charge in [0.15, 0.2) is 0 Å². The van der Waals surface area contributed by atoms with Crippen LogP contribution in [0.4, 0.5) is 11.5 Å². The van der Waals surface area contributed by atoms with Gasteiger partial charge in [-0.15, -0.1) is 0 Å². The highest BCUT2D eigenvalue weighted by atomic mass is 79.9. The summed E-state index contributed by atoms with van der Waals surface area (Å²) in [5.74, 6) is -0.235. The maximum Gasteiger partial charge on any atom is 0.239 e. The van der Waals surface area contributed by atoms with E-state index in [2.05, 4.69) is 31.5 Å². The first-order chi connectivity index (χ1) is 12.2. The highest BCUT2D eigenvalue weighted by molar-refractivity contribution is 9.10. The molecule has 0 aliphatic heterocycles. The lowest BCUT2D eigenvalue weighted by molar-refractivity contribution is -0.119. The van der Waals surface area contributed by atoms with Gasteiger partial charge < -0.3 is 10.6 Å². The maximum atomic E-state index is 12.1. The molecule has 0 bridgehead atoms. The maximum absolute atomic E-state index is 12.1. The average Bonchev–Trinajstić information content (AvgIpc) is 2.52. The topological polar surface area (TPSA) is 74.3 Å². The average molecular weight is 481 g/mol. The van der Waals surface area contributed by atoms with Crippen LogP contribution in [-0.4, -0.2) is 41.8 Å². The van der Waals surface area contributed by atoms with Crippen molar-refractivity contribution in [3.05, 3.63) is 50.0 Å². The summed E-state index contributed by atoms with van der Waals surface area (Å²) in [6.45, 7) is -0.0241. The Morgan fingerprint density at radius 2 is 1.65 bits per heavy atom. The fourth-order valence-corrected chi connectivity index (χ4v) is 3.16. The van der Waals surface area contributed by atoms with Gasteiger partial charge in [-0.25, -0.2) is 4.98 Å². The summed E-state index contributed by atoms with van der Waals surface area (Å²) in [6.07, 6.45) is 1.58. The lowest BCUT2D eigenvalue weighted by Gasteiger charge is -2.16. The van der Waals surface area contributed by atoms with Gasteiger partial charge in [0.25, 0.3) is 0 Å². The van der Waals surface area contributed by atoms with E-state index in [0.29, 0.717) is 10.8 Å². The number of benzene rings is 1. The van der Waals surface area contributed by atoms with Crippen molar-refractivity contribution < 1.29 is 9.59 Å². The molecule has 0 spiro atoms. The van der Waals surface area contributed by atoms with Crippen molar-refractivity contribution in [2.24, 2.45) is 0 Å². The molecular formula is C16H14BrCl3N4O2. The summed E-state index contributed by atoms with van der Waals surface area (Å²) >= 11 is 21.2. The molecule has 0 unspecified atom stereocenters. The first-order valence-electron chi connectivity index (χ1n) is 7.29. The number of carbonyl (C=O) groups excluding carboxylic acids is 2. The standard InChI is InChI=1S/C16H14BrCl3N4O2/c1-24(7-14(25)22-13-3-2-9(17)6-21-13)8-15(26)23-16-11(19)4-10(18)5-12(16)20/h2-6H,7-8H2,1H3,(H,23,26)(H,21,22,25). The Morgan fingerprint density at radius 1 is 1.08 bits per heavy atom. The molecule has 0 fully saturated rings. The highest BCUT2D eigenvalue weighted by Gasteiger charge is 2.15. The van der Waals surface area contributed by atoms with Gasteiger partial charge in [0.05, 0.1) is 28.8 Å². The molecule has 0 saturated carbocycles. The molecule has 1 aromatic carbocycles. The van der Waals surface area contributed by atoms with E-state index in [-0.39, 0.29) is 40.6 Å². The van der Waals surface area contributed by atoms with Gasteiger partial charge in [0.2, 0.25) is 11.8 Å². The Kier molecular flexibility index (Phi) is 7.67. The summed E-state index contributed by atoms with van der Waals surface area (Å²) in [4.78, 5) is 29.7. The van der Waals surface area contributed by atoms with E-state index < -0.39 is 0 Å². The molecule has 2 rings (SSSR count). The molecule has 2 aromatic rings. The van der Waals surface area contributed by atoms with Crippen molar-refractivity contribution >= 4 is 74.1 Å². The number of pyridine rings is 1. The Hall–Kier alpha value is -1.38. The zero-order valence-corrected chi connectivity index (χ0v) is 17.4. The third kappa shape index (κ3) is 6.41. The van der Waals surface area contributed by atoms with Crippen molar-refractivity contribution in [2.75, 3.05) is 30.8 Å². The van der Waals surface area contributed by atoms with E-state index >= 15 is 0 Å². The quantitative estimate of drug-likeness (QED) is 0.646. The van der Waals surface area contributed by atoms with Crippen LogP contribution in [0.25, 0.3) is 0 Å². The minimum Gasteiger partial charge on any atom is -0.322 e. The molecule has 138 valence electrons. The molecule has 2 N–H and O–H groups in total. The van der Waals surface area contributed by atoms with Gasteiger partial charge in [-0.05, 0) is 47.2 Å². The fourth-order valence-electron chi connectivity index (χ4n) is 2.02. The smallest absolute Gasteiger partial charge is 0.239 e. The zero-order chi connectivity index (χ0) is 19.3. The van der Waals surface area contributed by atoms with E-state index in [1.54, 1.807) is 30.3 Å². The van der Waals surface area contributed by atoms with Crippen LogP contribution in [0.15, 0.2) is 34.9 Å². The first-order valence-corrected chi connectivity index (χ1v) is 9.21. The Morgan fingerprint density at radius 3 is 2.19 bits per heavy atom. The summed E-state index contributed by atoms with van der Waals surface area (Å²) in [6, 6.07) is 6.39. The van der Waals surface area contributed by atoms with E-state index in [1.165, 1.54) is 12.1 Å². The number of carbonyl (C=O) groups is 2. The molecule has 0 radical (unpaired) electrons. The first kappa shape index (κ1) is 20.9. The third-order valence-electron chi connectivity index (χ3n) is 3.09. The molecule has 26 heavy (non-hydrogen) atoms. The monoisotopic (exact) mass is 478 g/mol. The number of anilines is 2. The SMILES string of the molecule is CN(CC(=O)Nc1ccc(Br)cn1)CC(=O)Nc1c(Cl)cc(Cl)cc1Cl. The summed E-state index contributed by atoms with van der Waals surface area (Å²) < 4.78 is 0.809. The molecule has 0 atom stereocenters. The predicted molar refractivity (Wildman–Crippen MR) is 108 cm³/mol. The van der Waals surface area contributed by atoms with Crippen LogP contribution in [0.5, 0.6) is 0 Å². The molecule has 1 aromatic heterocycles. The molecule has 10 heteroatoms. The molecule has 0 aliphatic carbocycles. The van der Waals surface area contributed by atoms with Crippen molar-refractivity contribution in [3.63, 3.8) is 0 Å². The van der Waals surface area contributed by atoms with E-state index in [4.69, 9.17) is 34.8 Å². The minimum absolute atomic E-state index is 0.00719. The summed E-state index contributed by atoms with van der Waals surface area (Å²) in [5.41, 5.74) is 0.277. The largest absolute Gasteiger partial charge is 0.322 e. The van der Waals surface area contributed by atoms with Crippen molar-refractivity contribution in [1.29, 1.82) is 0 Å². The van der Waals surface area contributed by atoms with E-state index in [0.717, 1.165) is 4.47 Å². The lowest BCUT2D eigenvalue weighted by atomic mass is 10.3. The fraction of sp³-hybridized carbons (Fsp3) is 0.188. The van der Waals surface area contributed by atoms with Crippen molar-refractivity contribution in [1.82, 2.24) is 9.88 Å². The number of hydrogen-bond acceptors (Lipinski definition) is 4. The Bertz CT molecular complexity index is 795. The summed E-state index contributed by atoms with van der Waals surface area (Å²) in [7, 11) is 1.64. The van der Waals surface area contributed by atoms with Crippen LogP contribution >= 0.6 is 50.7 Å². The van der Waals surface area contributed by atoms with Crippen LogP contribution in [0, 0.1) is 0 Å². The number of amides is 2. The second kappa shape index (κ2) is 9.53. The van der Waals surface area contributed by atoms with Gasteiger partial charge in [-0.3, -0.25) is 14.5 Å². The number of aromatic nitrogens is 1. The van der Waals surface area contributed by atoms with Gasteiger partial charge in [-0.1, -0.05) is 34.8 Å².